The summed E-state index contributed by atoms with van der Waals surface area (Å²) in [5, 5.41) is 0. The highest BCUT2D eigenvalue weighted by Gasteiger charge is 2.42. The second kappa shape index (κ2) is 3.57. The van der Waals surface area contributed by atoms with Crippen molar-refractivity contribution in [2.75, 3.05) is 6.61 Å². The van der Waals surface area contributed by atoms with E-state index in [-0.39, 0.29) is 0 Å². The van der Waals surface area contributed by atoms with Crippen LogP contribution in [0.1, 0.15) is 33.1 Å². The third-order valence-corrected chi connectivity index (χ3v) is 2.95. The maximum absolute atomic E-state index is 5.57. The molecule has 3 rings (SSSR count). The fourth-order valence-corrected chi connectivity index (χ4v) is 2.22. The summed E-state index contributed by atoms with van der Waals surface area (Å²) in [6, 6.07) is 0. The lowest BCUT2D eigenvalue weighted by molar-refractivity contribution is 0.195. The molecule has 0 amide bonds. The summed E-state index contributed by atoms with van der Waals surface area (Å²) in [6.07, 6.45) is 8.41. The van der Waals surface area contributed by atoms with Gasteiger partial charge < -0.3 is 4.74 Å². The van der Waals surface area contributed by atoms with Crippen LogP contribution in [-0.4, -0.2) is 6.61 Å². The van der Waals surface area contributed by atoms with Crippen LogP contribution in [0.2, 0.25) is 0 Å². The summed E-state index contributed by atoms with van der Waals surface area (Å²) in [5.74, 6) is 2.97. The predicted molar refractivity (Wildman–Crippen MR) is 54.3 cm³/mol. The summed E-state index contributed by atoms with van der Waals surface area (Å²) in [4.78, 5) is 0. The van der Waals surface area contributed by atoms with Crippen LogP contribution < -0.4 is 0 Å². The summed E-state index contributed by atoms with van der Waals surface area (Å²) >= 11 is 0. The second-order valence-corrected chi connectivity index (χ2v) is 3.71. The Kier molecular flexibility index (Phi) is 2.43. The lowest BCUT2D eigenvalue weighted by Gasteiger charge is -2.21. The van der Waals surface area contributed by atoms with Gasteiger partial charge in [0.1, 0.15) is 5.76 Å². The molecular formula is C12H18O. The number of hydrogen-bond donors (Lipinski definition) is 0. The topological polar surface area (TPSA) is 9.23 Å². The van der Waals surface area contributed by atoms with Gasteiger partial charge in [-0.3, -0.25) is 0 Å². The first-order valence-corrected chi connectivity index (χ1v) is 5.49. The highest BCUT2D eigenvalue weighted by atomic mass is 16.5. The molecule has 1 fully saturated rings. The van der Waals surface area contributed by atoms with Crippen molar-refractivity contribution in [3.63, 3.8) is 0 Å². The van der Waals surface area contributed by atoms with Crippen molar-refractivity contribution in [2.24, 2.45) is 11.8 Å². The van der Waals surface area contributed by atoms with E-state index in [1.807, 2.05) is 13.8 Å². The number of rotatable bonds is 0. The monoisotopic (exact) mass is 178 g/mol. The zero-order valence-corrected chi connectivity index (χ0v) is 8.55. The van der Waals surface area contributed by atoms with Crippen molar-refractivity contribution < 1.29 is 4.74 Å². The van der Waals surface area contributed by atoms with Crippen LogP contribution in [-0.2, 0) is 4.74 Å². The van der Waals surface area contributed by atoms with Gasteiger partial charge >= 0.3 is 0 Å². The van der Waals surface area contributed by atoms with Gasteiger partial charge in [-0.1, -0.05) is 19.9 Å². The SMILES string of the molecule is C1=CC2CC2C2=C1OCCC2.CC. The van der Waals surface area contributed by atoms with Crippen LogP contribution in [0.15, 0.2) is 23.5 Å². The van der Waals surface area contributed by atoms with Gasteiger partial charge in [0.05, 0.1) is 6.61 Å². The molecule has 2 atom stereocenters. The molecule has 1 saturated carbocycles. The van der Waals surface area contributed by atoms with Crippen LogP contribution in [0.4, 0.5) is 0 Å². The molecule has 0 bridgehead atoms. The molecule has 0 saturated heterocycles. The van der Waals surface area contributed by atoms with E-state index in [0.717, 1.165) is 18.4 Å². The molecule has 2 unspecified atom stereocenters. The van der Waals surface area contributed by atoms with E-state index in [1.165, 1.54) is 25.0 Å². The van der Waals surface area contributed by atoms with E-state index in [9.17, 15) is 0 Å². The fraction of sp³-hybridized carbons (Fsp3) is 0.667. The standard InChI is InChI=1S/C10H12O.C2H6/c1-2-8-9-6-7(9)3-4-10(8)11-5-1;1-2/h3-4,7,9H,1-2,5-6H2;1-2H3. The molecular weight excluding hydrogens is 160 g/mol. The third kappa shape index (κ3) is 1.52. The summed E-state index contributed by atoms with van der Waals surface area (Å²) in [7, 11) is 0. The fourth-order valence-electron chi connectivity index (χ4n) is 2.22. The van der Waals surface area contributed by atoms with E-state index in [1.54, 1.807) is 5.57 Å². The minimum absolute atomic E-state index is 0.885. The van der Waals surface area contributed by atoms with E-state index < -0.39 is 0 Å². The van der Waals surface area contributed by atoms with E-state index in [0.29, 0.717) is 0 Å². The summed E-state index contributed by atoms with van der Waals surface area (Å²) in [6.45, 7) is 4.93. The molecule has 0 spiro atoms. The van der Waals surface area contributed by atoms with Crippen molar-refractivity contribution >= 4 is 0 Å². The van der Waals surface area contributed by atoms with Crippen molar-refractivity contribution in [3.8, 4) is 0 Å². The Hall–Kier alpha value is -0.720. The highest BCUT2D eigenvalue weighted by Crippen LogP contribution is 2.51. The maximum Gasteiger partial charge on any atom is 0.118 e. The first kappa shape index (κ1) is 8.86. The van der Waals surface area contributed by atoms with Crippen molar-refractivity contribution in [3.05, 3.63) is 23.5 Å². The van der Waals surface area contributed by atoms with Crippen molar-refractivity contribution in [2.45, 2.75) is 33.1 Å². The van der Waals surface area contributed by atoms with Crippen LogP contribution in [0.5, 0.6) is 0 Å². The van der Waals surface area contributed by atoms with Crippen LogP contribution in [0, 0.1) is 11.8 Å². The Balaban J connectivity index is 0.000000308. The molecule has 72 valence electrons. The molecule has 2 aliphatic carbocycles. The number of allylic oxidation sites excluding steroid dienone is 3. The Morgan fingerprint density at radius 1 is 1.38 bits per heavy atom. The van der Waals surface area contributed by atoms with Crippen molar-refractivity contribution in [1.29, 1.82) is 0 Å². The molecule has 0 aromatic carbocycles. The Labute approximate surface area is 80.5 Å². The molecule has 1 heteroatoms. The molecule has 1 aliphatic heterocycles. The van der Waals surface area contributed by atoms with Gasteiger partial charge in [-0.2, -0.15) is 0 Å². The quantitative estimate of drug-likeness (QED) is 0.553. The molecule has 0 radical (unpaired) electrons. The van der Waals surface area contributed by atoms with Crippen LogP contribution in [0.25, 0.3) is 0 Å². The van der Waals surface area contributed by atoms with Crippen molar-refractivity contribution in [1.82, 2.24) is 0 Å². The Bertz CT molecular complexity index is 250. The van der Waals surface area contributed by atoms with Gasteiger partial charge in [-0.05, 0) is 42.7 Å². The molecule has 0 aromatic heterocycles. The van der Waals surface area contributed by atoms with Gasteiger partial charge in [0.2, 0.25) is 0 Å². The predicted octanol–water partition coefficient (Wildman–Crippen LogP) is 3.28. The smallest absolute Gasteiger partial charge is 0.118 e. The van der Waals surface area contributed by atoms with E-state index in [2.05, 4.69) is 12.2 Å². The number of ether oxygens (including phenoxy) is 1. The molecule has 3 aliphatic rings. The van der Waals surface area contributed by atoms with Gasteiger partial charge in [-0.25, -0.2) is 0 Å². The normalized spacial score (nSPS) is 33.7. The largest absolute Gasteiger partial charge is 0.494 e. The summed E-state index contributed by atoms with van der Waals surface area (Å²) in [5.41, 5.74) is 1.61. The van der Waals surface area contributed by atoms with Gasteiger partial charge in [0, 0.05) is 0 Å². The third-order valence-electron chi connectivity index (χ3n) is 2.95. The van der Waals surface area contributed by atoms with Gasteiger partial charge in [0.25, 0.3) is 0 Å². The van der Waals surface area contributed by atoms with E-state index in [4.69, 9.17) is 4.74 Å². The Morgan fingerprint density at radius 3 is 3.08 bits per heavy atom. The molecule has 1 heterocycles. The molecule has 0 aromatic rings. The minimum Gasteiger partial charge on any atom is -0.494 e. The first-order chi connectivity index (χ1) is 6.45. The number of hydrogen-bond acceptors (Lipinski definition) is 1. The van der Waals surface area contributed by atoms with Gasteiger partial charge in [0.15, 0.2) is 0 Å². The maximum atomic E-state index is 5.57. The average molecular weight is 178 g/mol. The van der Waals surface area contributed by atoms with Crippen LogP contribution in [0.3, 0.4) is 0 Å². The molecule has 0 N–H and O–H groups in total. The molecule has 1 nitrogen and oxygen atoms in total. The lowest BCUT2D eigenvalue weighted by atomic mass is 9.97. The highest BCUT2D eigenvalue weighted by molar-refractivity contribution is 5.35. The van der Waals surface area contributed by atoms with E-state index >= 15 is 0 Å². The lowest BCUT2D eigenvalue weighted by Crippen LogP contribution is -2.09. The first-order valence-electron chi connectivity index (χ1n) is 5.49. The average Bonchev–Trinajstić information content (AvgIpc) is 3.00. The van der Waals surface area contributed by atoms with Gasteiger partial charge in [-0.15, -0.1) is 0 Å². The second-order valence-electron chi connectivity index (χ2n) is 3.71. The zero-order chi connectivity index (χ0) is 9.26. The Morgan fingerprint density at radius 2 is 2.23 bits per heavy atom. The minimum atomic E-state index is 0.885. The molecule has 13 heavy (non-hydrogen) atoms. The van der Waals surface area contributed by atoms with Crippen LogP contribution >= 0.6 is 0 Å². The number of fused-ring (bicyclic) bond motifs is 2. The summed E-state index contributed by atoms with van der Waals surface area (Å²) < 4.78 is 5.57. The zero-order valence-electron chi connectivity index (χ0n) is 8.55.